The third kappa shape index (κ3) is 0.988. The van der Waals surface area contributed by atoms with Crippen molar-refractivity contribution in [1.82, 2.24) is 0 Å². The van der Waals surface area contributed by atoms with Crippen LogP contribution in [0, 0.1) is 0 Å². The molecule has 0 saturated carbocycles. The Balaban J connectivity index is 1.98. The highest BCUT2D eigenvalue weighted by atomic mass is 32.2. The highest BCUT2D eigenvalue weighted by molar-refractivity contribution is 8.25. The van der Waals surface area contributed by atoms with E-state index in [2.05, 4.69) is 12.2 Å². The van der Waals surface area contributed by atoms with Gasteiger partial charge in [0.15, 0.2) is 0 Å². The van der Waals surface area contributed by atoms with Crippen molar-refractivity contribution in [3.63, 3.8) is 0 Å². The molecule has 0 aromatic heterocycles. The monoisotopic (exact) mass is 200 g/mol. The summed E-state index contributed by atoms with van der Waals surface area (Å²) in [4.78, 5) is 10.2. The zero-order chi connectivity index (χ0) is 7.97. The van der Waals surface area contributed by atoms with Gasteiger partial charge >= 0.3 is 0 Å². The molecule has 3 aliphatic rings. The molecule has 0 unspecified atom stereocenters. The Morgan fingerprint density at radius 1 is 1.08 bits per heavy atom. The van der Waals surface area contributed by atoms with E-state index in [1.165, 1.54) is 21.3 Å². The van der Waals surface area contributed by atoms with Crippen LogP contribution in [0.5, 0.6) is 0 Å². The van der Waals surface area contributed by atoms with Gasteiger partial charge in [0.05, 0.1) is 0 Å². The van der Waals surface area contributed by atoms with Crippen molar-refractivity contribution in [2.75, 3.05) is 11.5 Å². The summed E-state index contributed by atoms with van der Waals surface area (Å²) in [6.07, 6.45) is 4.39. The molecule has 2 saturated heterocycles. The summed E-state index contributed by atoms with van der Waals surface area (Å²) in [7, 11) is 0. The van der Waals surface area contributed by atoms with Crippen LogP contribution in [-0.4, -0.2) is 23.7 Å². The second-order valence-electron chi connectivity index (χ2n) is 2.86. The average molecular weight is 200 g/mol. The molecule has 2 heterocycles. The Morgan fingerprint density at radius 3 is 2.17 bits per heavy atom. The van der Waals surface area contributed by atoms with Crippen molar-refractivity contribution in [2.45, 2.75) is 12.2 Å². The number of hydrogen-bond donors (Lipinski definition) is 0. The van der Waals surface area contributed by atoms with Crippen LogP contribution < -0.4 is 0 Å². The van der Waals surface area contributed by atoms with Gasteiger partial charge < -0.3 is 0 Å². The molecule has 2 aliphatic heterocycles. The normalized spacial score (nSPS) is 38.7. The van der Waals surface area contributed by atoms with Gasteiger partial charge in [-0.05, 0) is 12.2 Å². The quantitative estimate of drug-likeness (QED) is 0.439. The maximum atomic E-state index is 5.11. The second-order valence-corrected chi connectivity index (χ2v) is 5.33. The predicted molar refractivity (Wildman–Crippen MR) is 50.8 cm³/mol. The van der Waals surface area contributed by atoms with Crippen molar-refractivity contribution in [2.24, 2.45) is 0 Å². The Bertz CT molecular complexity index is 248. The molecule has 2 fully saturated rings. The van der Waals surface area contributed by atoms with E-state index in [4.69, 9.17) is 9.78 Å². The Hall–Kier alpha value is 0.100. The summed E-state index contributed by atoms with van der Waals surface area (Å²) in [5.41, 5.74) is 1.34. The van der Waals surface area contributed by atoms with Crippen LogP contribution in [0.4, 0.5) is 0 Å². The lowest BCUT2D eigenvalue weighted by Crippen LogP contribution is -2.01. The number of hydrogen-bond acceptors (Lipinski definition) is 4. The summed E-state index contributed by atoms with van der Waals surface area (Å²) < 4.78 is 1.42. The first kappa shape index (κ1) is 7.50. The van der Waals surface area contributed by atoms with Crippen molar-refractivity contribution >= 4 is 23.5 Å². The first-order chi connectivity index (χ1) is 5.95. The fourth-order valence-electron chi connectivity index (χ4n) is 1.57. The van der Waals surface area contributed by atoms with E-state index in [1.807, 2.05) is 23.5 Å². The molecule has 1 aliphatic carbocycles. The number of rotatable bonds is 0. The third-order valence-corrected chi connectivity index (χ3v) is 4.90. The smallest absolute Gasteiger partial charge is 0.137 e. The van der Waals surface area contributed by atoms with Crippen molar-refractivity contribution < 1.29 is 9.78 Å². The van der Waals surface area contributed by atoms with E-state index in [0.29, 0.717) is 0 Å². The van der Waals surface area contributed by atoms with Crippen LogP contribution in [0.15, 0.2) is 22.0 Å². The Morgan fingerprint density at radius 2 is 1.67 bits per heavy atom. The van der Waals surface area contributed by atoms with Gasteiger partial charge in [0, 0.05) is 21.3 Å². The van der Waals surface area contributed by atoms with Crippen LogP contribution in [0.2, 0.25) is 0 Å². The summed E-state index contributed by atoms with van der Waals surface area (Å²) in [5, 5.41) is 0. The minimum Gasteiger partial charge on any atom is -0.223 e. The van der Waals surface area contributed by atoms with E-state index in [1.54, 1.807) is 0 Å². The van der Waals surface area contributed by atoms with Gasteiger partial charge in [-0.2, -0.15) is 0 Å². The van der Waals surface area contributed by atoms with E-state index < -0.39 is 0 Å². The van der Waals surface area contributed by atoms with E-state index >= 15 is 0 Å². The molecule has 0 aromatic rings. The molecule has 12 heavy (non-hydrogen) atoms. The highest BCUT2D eigenvalue weighted by Gasteiger charge is 2.38. The minimum atomic E-state index is 0.114. The van der Waals surface area contributed by atoms with Gasteiger partial charge in [-0.15, -0.1) is 23.5 Å². The van der Waals surface area contributed by atoms with Crippen molar-refractivity contribution in [3.05, 3.63) is 22.0 Å². The molecule has 0 radical (unpaired) electrons. The number of fused-ring (bicyclic) bond motifs is 2. The highest BCUT2D eigenvalue weighted by Crippen LogP contribution is 2.45. The second kappa shape index (κ2) is 2.80. The van der Waals surface area contributed by atoms with Crippen LogP contribution in [0.25, 0.3) is 0 Å². The molecule has 2 nitrogen and oxygen atoms in total. The summed E-state index contributed by atoms with van der Waals surface area (Å²) in [6.45, 7) is 0. The lowest BCUT2D eigenvalue weighted by molar-refractivity contribution is -0.286. The largest absolute Gasteiger partial charge is 0.223 e. The van der Waals surface area contributed by atoms with E-state index in [0.717, 1.165) is 0 Å². The van der Waals surface area contributed by atoms with Gasteiger partial charge in [-0.25, -0.2) is 9.78 Å². The fourth-order valence-corrected chi connectivity index (χ4v) is 4.24. The molecule has 0 aromatic carbocycles. The molecule has 0 spiro atoms. The maximum Gasteiger partial charge on any atom is 0.137 e. The van der Waals surface area contributed by atoms with Crippen molar-refractivity contribution in [1.29, 1.82) is 0 Å². The summed E-state index contributed by atoms with van der Waals surface area (Å²) >= 11 is 3.86. The lowest BCUT2D eigenvalue weighted by Gasteiger charge is -2.02. The molecule has 4 heteroatoms. The van der Waals surface area contributed by atoms with Crippen molar-refractivity contribution in [3.8, 4) is 0 Å². The van der Waals surface area contributed by atoms with Gasteiger partial charge in [-0.1, -0.05) is 0 Å². The zero-order valence-electron chi connectivity index (χ0n) is 6.36. The SMILES string of the molecule is C1=C[C@H]2OO[C@@H]1C2=C1SCCS1. The van der Waals surface area contributed by atoms with Gasteiger partial charge in [0.1, 0.15) is 12.2 Å². The third-order valence-electron chi connectivity index (χ3n) is 2.12. The first-order valence-corrected chi connectivity index (χ1v) is 5.92. The van der Waals surface area contributed by atoms with Crippen LogP contribution in [0.1, 0.15) is 0 Å². The predicted octanol–water partition coefficient (Wildman–Crippen LogP) is 1.95. The number of thioether (sulfide) groups is 2. The Kier molecular flexibility index (Phi) is 1.75. The standard InChI is InChI=1S/C8H8O2S2/c1-2-6-7(5(1)9-10-6)8-11-3-4-12-8/h1-2,5-6H,3-4H2/t5-,6+. The molecule has 0 amide bonds. The van der Waals surface area contributed by atoms with Crippen LogP contribution in [0.3, 0.4) is 0 Å². The molecule has 2 atom stereocenters. The van der Waals surface area contributed by atoms with Gasteiger partial charge in [-0.3, -0.25) is 0 Å². The lowest BCUT2D eigenvalue weighted by atomic mass is 10.2. The molecular weight excluding hydrogens is 192 g/mol. The molecule has 2 bridgehead atoms. The average Bonchev–Trinajstić information content (AvgIpc) is 2.78. The topological polar surface area (TPSA) is 18.5 Å². The van der Waals surface area contributed by atoms with E-state index in [-0.39, 0.29) is 12.2 Å². The van der Waals surface area contributed by atoms with Gasteiger partial charge in [0.25, 0.3) is 0 Å². The minimum absolute atomic E-state index is 0.114. The molecule has 64 valence electrons. The van der Waals surface area contributed by atoms with Crippen LogP contribution in [-0.2, 0) is 9.78 Å². The zero-order valence-corrected chi connectivity index (χ0v) is 7.99. The van der Waals surface area contributed by atoms with Gasteiger partial charge in [0.2, 0.25) is 0 Å². The molecule has 0 N–H and O–H groups in total. The summed E-state index contributed by atoms with van der Waals surface area (Å²) in [6, 6.07) is 0. The fraction of sp³-hybridized carbons (Fsp3) is 0.500. The maximum absolute atomic E-state index is 5.11. The van der Waals surface area contributed by atoms with Crippen LogP contribution >= 0.6 is 23.5 Å². The Labute approximate surface area is 79.3 Å². The van der Waals surface area contributed by atoms with E-state index in [9.17, 15) is 0 Å². The molecular formula is C8H8O2S2. The molecule has 3 rings (SSSR count). The summed E-state index contributed by atoms with van der Waals surface area (Å²) in [5.74, 6) is 2.45. The first-order valence-electron chi connectivity index (χ1n) is 3.95.